The van der Waals surface area contributed by atoms with Crippen molar-refractivity contribution in [3.8, 4) is 11.5 Å². The maximum Gasteiger partial charge on any atom is 0.133 e. The third kappa shape index (κ3) is 2.78. The van der Waals surface area contributed by atoms with Crippen molar-refractivity contribution in [2.45, 2.75) is 6.04 Å². The standard InChI is InChI=1S/C15H15BrFNO2/c1-19-13-8-11(16)14(20-2)7-10(13)15(18)9-5-3-4-6-12(9)17/h3-8,15H,18H2,1-2H3. The summed E-state index contributed by atoms with van der Waals surface area (Å²) in [5, 5.41) is 0. The molecule has 2 rings (SSSR count). The van der Waals surface area contributed by atoms with E-state index in [0.717, 1.165) is 4.47 Å². The number of benzene rings is 2. The molecule has 0 spiro atoms. The van der Waals surface area contributed by atoms with E-state index in [1.165, 1.54) is 6.07 Å². The van der Waals surface area contributed by atoms with E-state index in [2.05, 4.69) is 15.9 Å². The molecule has 0 heterocycles. The molecule has 0 amide bonds. The maximum absolute atomic E-state index is 13.9. The molecule has 5 heteroatoms. The number of hydrogen-bond acceptors (Lipinski definition) is 3. The highest BCUT2D eigenvalue weighted by Gasteiger charge is 2.19. The van der Waals surface area contributed by atoms with Crippen molar-refractivity contribution < 1.29 is 13.9 Å². The first kappa shape index (κ1) is 14.8. The summed E-state index contributed by atoms with van der Waals surface area (Å²) in [5.74, 6) is 0.852. The first-order chi connectivity index (χ1) is 9.58. The van der Waals surface area contributed by atoms with Gasteiger partial charge in [0.2, 0.25) is 0 Å². The van der Waals surface area contributed by atoms with Crippen LogP contribution in [0.2, 0.25) is 0 Å². The Morgan fingerprint density at radius 1 is 1.05 bits per heavy atom. The molecule has 2 N–H and O–H groups in total. The maximum atomic E-state index is 13.9. The minimum atomic E-state index is -0.631. The molecule has 2 aromatic carbocycles. The molecular formula is C15H15BrFNO2. The van der Waals surface area contributed by atoms with Crippen molar-refractivity contribution in [1.29, 1.82) is 0 Å². The van der Waals surface area contributed by atoms with E-state index in [9.17, 15) is 4.39 Å². The lowest BCUT2D eigenvalue weighted by Crippen LogP contribution is -2.15. The van der Waals surface area contributed by atoms with Gasteiger partial charge in [0.1, 0.15) is 17.3 Å². The Kier molecular flexibility index (Phi) is 4.62. The number of ether oxygens (including phenoxy) is 2. The van der Waals surface area contributed by atoms with Gasteiger partial charge >= 0.3 is 0 Å². The summed E-state index contributed by atoms with van der Waals surface area (Å²) in [6.45, 7) is 0. The Balaban J connectivity index is 2.53. The van der Waals surface area contributed by atoms with Crippen LogP contribution in [0.4, 0.5) is 4.39 Å². The fourth-order valence-corrected chi connectivity index (χ4v) is 2.51. The lowest BCUT2D eigenvalue weighted by atomic mass is 9.98. The first-order valence-electron chi connectivity index (χ1n) is 6.00. The van der Waals surface area contributed by atoms with Crippen LogP contribution in [0.3, 0.4) is 0 Å². The molecule has 0 aliphatic rings. The van der Waals surface area contributed by atoms with Gasteiger partial charge in [-0.05, 0) is 34.1 Å². The molecule has 3 nitrogen and oxygen atoms in total. The molecule has 20 heavy (non-hydrogen) atoms. The van der Waals surface area contributed by atoms with Gasteiger partial charge in [0.15, 0.2) is 0 Å². The van der Waals surface area contributed by atoms with Gasteiger partial charge in [0.05, 0.1) is 24.7 Å². The SMILES string of the molecule is COc1cc(C(N)c2ccccc2F)c(OC)cc1Br. The summed E-state index contributed by atoms with van der Waals surface area (Å²) in [7, 11) is 3.11. The molecule has 0 aromatic heterocycles. The van der Waals surface area contributed by atoms with Crippen LogP contribution in [0.1, 0.15) is 17.2 Å². The van der Waals surface area contributed by atoms with E-state index in [1.807, 2.05) is 0 Å². The topological polar surface area (TPSA) is 44.5 Å². The largest absolute Gasteiger partial charge is 0.496 e. The zero-order valence-corrected chi connectivity index (χ0v) is 12.8. The number of hydrogen-bond donors (Lipinski definition) is 1. The molecule has 0 aliphatic heterocycles. The summed E-state index contributed by atoms with van der Waals surface area (Å²) in [5.41, 5.74) is 7.25. The van der Waals surface area contributed by atoms with Gasteiger partial charge in [-0.1, -0.05) is 18.2 Å². The fourth-order valence-electron chi connectivity index (χ4n) is 2.02. The number of methoxy groups -OCH3 is 2. The molecule has 106 valence electrons. The quantitative estimate of drug-likeness (QED) is 0.924. The van der Waals surface area contributed by atoms with E-state index in [0.29, 0.717) is 22.6 Å². The molecule has 0 bridgehead atoms. The molecule has 0 fully saturated rings. The minimum absolute atomic E-state index is 0.344. The second kappa shape index (κ2) is 6.24. The van der Waals surface area contributed by atoms with Crippen molar-refractivity contribution in [2.75, 3.05) is 14.2 Å². The van der Waals surface area contributed by atoms with Crippen molar-refractivity contribution in [2.24, 2.45) is 5.73 Å². The second-order valence-electron chi connectivity index (χ2n) is 4.23. The second-order valence-corrected chi connectivity index (χ2v) is 5.08. The van der Waals surface area contributed by atoms with Crippen LogP contribution in [0.25, 0.3) is 0 Å². The molecule has 1 atom stereocenters. The average molecular weight is 340 g/mol. The highest BCUT2D eigenvalue weighted by molar-refractivity contribution is 9.10. The van der Waals surface area contributed by atoms with Gasteiger partial charge in [-0.2, -0.15) is 0 Å². The zero-order chi connectivity index (χ0) is 14.7. The molecule has 2 aromatic rings. The van der Waals surface area contributed by atoms with Gasteiger partial charge in [0, 0.05) is 11.1 Å². The molecule has 0 aliphatic carbocycles. The van der Waals surface area contributed by atoms with Crippen LogP contribution in [-0.2, 0) is 0 Å². The third-order valence-corrected chi connectivity index (χ3v) is 3.70. The lowest BCUT2D eigenvalue weighted by molar-refractivity contribution is 0.394. The molecular weight excluding hydrogens is 325 g/mol. The summed E-state index contributed by atoms with van der Waals surface area (Å²) in [6, 6.07) is 9.31. The normalized spacial score (nSPS) is 12.1. The summed E-state index contributed by atoms with van der Waals surface area (Å²) in [4.78, 5) is 0. The monoisotopic (exact) mass is 339 g/mol. The lowest BCUT2D eigenvalue weighted by Gasteiger charge is -2.18. The predicted molar refractivity (Wildman–Crippen MR) is 79.7 cm³/mol. The van der Waals surface area contributed by atoms with E-state index >= 15 is 0 Å². The summed E-state index contributed by atoms with van der Waals surface area (Å²) in [6.07, 6.45) is 0. The van der Waals surface area contributed by atoms with E-state index < -0.39 is 6.04 Å². The van der Waals surface area contributed by atoms with Crippen LogP contribution in [0.15, 0.2) is 40.9 Å². The van der Waals surface area contributed by atoms with Crippen LogP contribution in [0.5, 0.6) is 11.5 Å². The van der Waals surface area contributed by atoms with E-state index in [4.69, 9.17) is 15.2 Å². The number of nitrogens with two attached hydrogens (primary N) is 1. The Morgan fingerprint density at radius 3 is 2.30 bits per heavy atom. The summed E-state index contributed by atoms with van der Waals surface area (Å²) < 4.78 is 25.2. The van der Waals surface area contributed by atoms with Gasteiger partial charge in [-0.25, -0.2) is 4.39 Å². The zero-order valence-electron chi connectivity index (χ0n) is 11.2. The predicted octanol–water partition coefficient (Wildman–Crippen LogP) is 3.65. The third-order valence-electron chi connectivity index (χ3n) is 3.08. The highest BCUT2D eigenvalue weighted by atomic mass is 79.9. The van der Waals surface area contributed by atoms with E-state index in [-0.39, 0.29) is 5.82 Å². The average Bonchev–Trinajstić information content (AvgIpc) is 2.46. The smallest absolute Gasteiger partial charge is 0.133 e. The first-order valence-corrected chi connectivity index (χ1v) is 6.79. The van der Waals surface area contributed by atoms with Crippen LogP contribution in [0, 0.1) is 5.82 Å². The Labute approximate surface area is 125 Å². The van der Waals surface area contributed by atoms with Gasteiger partial charge in [-0.15, -0.1) is 0 Å². The van der Waals surface area contributed by atoms with Gasteiger partial charge in [-0.3, -0.25) is 0 Å². The Morgan fingerprint density at radius 2 is 1.70 bits per heavy atom. The molecule has 0 saturated carbocycles. The van der Waals surface area contributed by atoms with Crippen molar-refractivity contribution in [1.82, 2.24) is 0 Å². The molecule has 0 radical (unpaired) electrons. The van der Waals surface area contributed by atoms with Crippen molar-refractivity contribution in [3.63, 3.8) is 0 Å². The van der Waals surface area contributed by atoms with Crippen molar-refractivity contribution >= 4 is 15.9 Å². The van der Waals surface area contributed by atoms with Crippen LogP contribution < -0.4 is 15.2 Å². The highest BCUT2D eigenvalue weighted by Crippen LogP contribution is 2.37. The van der Waals surface area contributed by atoms with Crippen LogP contribution in [-0.4, -0.2) is 14.2 Å². The van der Waals surface area contributed by atoms with E-state index in [1.54, 1.807) is 44.6 Å². The summed E-state index contributed by atoms with van der Waals surface area (Å²) >= 11 is 3.38. The molecule has 1 unspecified atom stereocenters. The Bertz CT molecular complexity index is 619. The number of rotatable bonds is 4. The van der Waals surface area contributed by atoms with Gasteiger partial charge < -0.3 is 15.2 Å². The fraction of sp³-hybridized carbons (Fsp3) is 0.200. The minimum Gasteiger partial charge on any atom is -0.496 e. The van der Waals surface area contributed by atoms with Crippen LogP contribution >= 0.6 is 15.9 Å². The Hall–Kier alpha value is -1.59. The van der Waals surface area contributed by atoms with Crippen molar-refractivity contribution in [3.05, 3.63) is 57.8 Å². The van der Waals surface area contributed by atoms with Gasteiger partial charge in [0.25, 0.3) is 0 Å². The molecule has 0 saturated heterocycles. The number of halogens is 2.